The van der Waals surface area contributed by atoms with Crippen LogP contribution in [0.1, 0.15) is 26.7 Å². The Morgan fingerprint density at radius 1 is 1.35 bits per heavy atom. The highest BCUT2D eigenvalue weighted by molar-refractivity contribution is 9.10. The first kappa shape index (κ1) is 15.7. The van der Waals surface area contributed by atoms with E-state index in [0.717, 1.165) is 32.5 Å². The average Bonchev–Trinajstić information content (AvgIpc) is 2.58. The summed E-state index contributed by atoms with van der Waals surface area (Å²) in [7, 11) is 0. The molecule has 1 aromatic rings. The van der Waals surface area contributed by atoms with Gasteiger partial charge in [0.15, 0.2) is 0 Å². The number of rotatable bonds is 3. The number of nitrogens with one attached hydrogen (secondary N) is 1. The van der Waals surface area contributed by atoms with Crippen molar-refractivity contribution in [2.45, 2.75) is 32.7 Å². The molecule has 0 amide bonds. The van der Waals surface area contributed by atoms with Crippen LogP contribution < -0.4 is 10.2 Å². The number of anilines is 1. The van der Waals surface area contributed by atoms with Gasteiger partial charge in [-0.3, -0.25) is 0 Å². The molecule has 1 aromatic carbocycles. The molecule has 2 nitrogen and oxygen atoms in total. The van der Waals surface area contributed by atoms with Crippen molar-refractivity contribution in [1.29, 1.82) is 0 Å². The summed E-state index contributed by atoms with van der Waals surface area (Å²) >= 11 is 3.02. The van der Waals surface area contributed by atoms with Gasteiger partial charge in [0.1, 0.15) is 11.6 Å². The Morgan fingerprint density at radius 3 is 2.80 bits per heavy atom. The van der Waals surface area contributed by atoms with Gasteiger partial charge in [0.2, 0.25) is 0 Å². The molecule has 0 bridgehead atoms. The Bertz CT molecular complexity index is 465. The van der Waals surface area contributed by atoms with Crippen LogP contribution in [-0.4, -0.2) is 25.7 Å². The van der Waals surface area contributed by atoms with Gasteiger partial charge in [0.05, 0.1) is 10.2 Å². The molecule has 0 saturated carbocycles. The fourth-order valence-corrected chi connectivity index (χ4v) is 3.01. The quantitative estimate of drug-likeness (QED) is 0.834. The molecule has 0 radical (unpaired) electrons. The number of benzene rings is 1. The molecule has 112 valence electrons. The lowest BCUT2D eigenvalue weighted by molar-refractivity contribution is 0.435. The lowest BCUT2D eigenvalue weighted by Gasteiger charge is -2.27. The summed E-state index contributed by atoms with van der Waals surface area (Å²) in [5.74, 6) is -0.207. The molecule has 1 aliphatic heterocycles. The predicted molar refractivity (Wildman–Crippen MR) is 82.1 cm³/mol. The van der Waals surface area contributed by atoms with E-state index in [9.17, 15) is 8.78 Å². The number of nitrogens with zero attached hydrogens (tertiary/aromatic N) is 1. The minimum absolute atomic E-state index is 0.172. The van der Waals surface area contributed by atoms with Crippen molar-refractivity contribution in [2.75, 3.05) is 24.5 Å². The summed E-state index contributed by atoms with van der Waals surface area (Å²) in [6.07, 6.45) is 1.98. The fraction of sp³-hybridized carbons (Fsp3) is 0.600. The largest absolute Gasteiger partial charge is 0.367 e. The summed E-state index contributed by atoms with van der Waals surface area (Å²) < 4.78 is 27.9. The molecule has 20 heavy (non-hydrogen) atoms. The van der Waals surface area contributed by atoms with Gasteiger partial charge in [-0.2, -0.15) is 0 Å². The SMILES string of the molecule is CC(C)CC1CN(c2cc(F)c(Br)cc2F)CCCN1. The van der Waals surface area contributed by atoms with E-state index in [1.165, 1.54) is 12.1 Å². The highest BCUT2D eigenvalue weighted by atomic mass is 79.9. The van der Waals surface area contributed by atoms with E-state index in [0.29, 0.717) is 17.6 Å². The van der Waals surface area contributed by atoms with Gasteiger partial charge in [0.25, 0.3) is 0 Å². The summed E-state index contributed by atoms with van der Waals surface area (Å²) in [5.41, 5.74) is 0.364. The van der Waals surface area contributed by atoms with Crippen LogP contribution in [0.4, 0.5) is 14.5 Å². The van der Waals surface area contributed by atoms with Gasteiger partial charge in [-0.15, -0.1) is 0 Å². The second-order valence-electron chi connectivity index (χ2n) is 5.80. The summed E-state index contributed by atoms with van der Waals surface area (Å²) in [5, 5.41) is 3.49. The molecule has 1 heterocycles. The zero-order valence-corrected chi connectivity index (χ0v) is 13.5. The number of hydrogen-bond acceptors (Lipinski definition) is 2. The van der Waals surface area contributed by atoms with Gasteiger partial charge in [-0.05, 0) is 47.3 Å². The molecule has 2 rings (SSSR count). The average molecular weight is 347 g/mol. The maximum atomic E-state index is 14.1. The smallest absolute Gasteiger partial charge is 0.147 e. The van der Waals surface area contributed by atoms with Gasteiger partial charge in [-0.1, -0.05) is 13.8 Å². The maximum absolute atomic E-state index is 14.1. The van der Waals surface area contributed by atoms with Crippen LogP contribution in [0.15, 0.2) is 16.6 Å². The van der Waals surface area contributed by atoms with Crippen LogP contribution in [0.3, 0.4) is 0 Å². The molecular formula is C15H21BrF2N2. The monoisotopic (exact) mass is 346 g/mol. The first-order chi connectivity index (χ1) is 9.47. The number of halogens is 3. The lowest BCUT2D eigenvalue weighted by atomic mass is 10.0. The third kappa shape index (κ3) is 3.92. The Hall–Kier alpha value is -0.680. The highest BCUT2D eigenvalue weighted by Gasteiger charge is 2.21. The van der Waals surface area contributed by atoms with Crippen molar-refractivity contribution < 1.29 is 8.78 Å². The van der Waals surface area contributed by atoms with Crippen LogP contribution in [0.25, 0.3) is 0 Å². The molecule has 5 heteroatoms. The Morgan fingerprint density at radius 2 is 2.10 bits per heavy atom. The van der Waals surface area contributed by atoms with Crippen LogP contribution in [0, 0.1) is 17.6 Å². The third-order valence-electron chi connectivity index (χ3n) is 3.56. The lowest BCUT2D eigenvalue weighted by Crippen LogP contribution is -2.39. The molecular weight excluding hydrogens is 326 g/mol. The minimum atomic E-state index is -0.418. The zero-order chi connectivity index (χ0) is 14.7. The van der Waals surface area contributed by atoms with E-state index >= 15 is 0 Å². The van der Waals surface area contributed by atoms with Crippen molar-refractivity contribution in [1.82, 2.24) is 5.32 Å². The van der Waals surface area contributed by atoms with E-state index < -0.39 is 5.82 Å². The molecule has 1 fully saturated rings. The normalized spacial score (nSPS) is 20.3. The first-order valence-corrected chi connectivity index (χ1v) is 7.89. The van der Waals surface area contributed by atoms with E-state index in [-0.39, 0.29) is 10.3 Å². The van der Waals surface area contributed by atoms with Crippen LogP contribution in [-0.2, 0) is 0 Å². The maximum Gasteiger partial charge on any atom is 0.147 e. The van der Waals surface area contributed by atoms with E-state index in [4.69, 9.17) is 0 Å². The van der Waals surface area contributed by atoms with E-state index in [1.807, 2.05) is 4.90 Å². The van der Waals surface area contributed by atoms with Gasteiger partial charge >= 0.3 is 0 Å². The van der Waals surface area contributed by atoms with Crippen molar-refractivity contribution in [3.8, 4) is 0 Å². The summed E-state index contributed by atoms with van der Waals surface area (Å²) in [6.45, 7) is 6.75. The predicted octanol–water partition coefficient (Wildman–Crippen LogP) is 3.94. The molecule has 0 aliphatic carbocycles. The Labute approximate surface area is 127 Å². The fourth-order valence-electron chi connectivity index (χ4n) is 2.70. The number of hydrogen-bond donors (Lipinski definition) is 1. The van der Waals surface area contributed by atoms with Crippen molar-refractivity contribution >= 4 is 21.6 Å². The van der Waals surface area contributed by atoms with Crippen molar-refractivity contribution in [3.63, 3.8) is 0 Å². The molecule has 1 unspecified atom stereocenters. The van der Waals surface area contributed by atoms with Crippen LogP contribution in [0.5, 0.6) is 0 Å². The second-order valence-corrected chi connectivity index (χ2v) is 6.65. The Kier molecular flexibility index (Phi) is 5.38. The van der Waals surface area contributed by atoms with E-state index in [1.54, 1.807) is 0 Å². The van der Waals surface area contributed by atoms with Crippen LogP contribution >= 0.6 is 15.9 Å². The summed E-state index contributed by atoms with van der Waals surface area (Å²) in [4.78, 5) is 1.96. The van der Waals surface area contributed by atoms with Crippen molar-refractivity contribution in [2.24, 2.45) is 5.92 Å². The molecule has 0 aromatic heterocycles. The molecule has 1 saturated heterocycles. The van der Waals surface area contributed by atoms with Gasteiger partial charge < -0.3 is 10.2 Å². The van der Waals surface area contributed by atoms with Crippen LogP contribution in [0.2, 0.25) is 0 Å². The van der Waals surface area contributed by atoms with Crippen molar-refractivity contribution in [3.05, 3.63) is 28.2 Å². The van der Waals surface area contributed by atoms with Gasteiger partial charge in [-0.25, -0.2) is 8.78 Å². The Balaban J connectivity index is 2.19. The highest BCUT2D eigenvalue weighted by Crippen LogP contribution is 2.27. The topological polar surface area (TPSA) is 15.3 Å². The molecule has 1 N–H and O–H groups in total. The molecule has 1 atom stereocenters. The third-order valence-corrected chi connectivity index (χ3v) is 4.17. The van der Waals surface area contributed by atoms with Gasteiger partial charge in [0, 0.05) is 25.2 Å². The first-order valence-electron chi connectivity index (χ1n) is 7.10. The second kappa shape index (κ2) is 6.85. The minimum Gasteiger partial charge on any atom is -0.367 e. The molecule has 0 spiro atoms. The standard InChI is InChI=1S/C15H21BrF2N2/c1-10(2)6-11-9-20(5-3-4-19-11)15-8-13(17)12(16)7-14(15)18/h7-8,10-11,19H,3-6,9H2,1-2H3. The zero-order valence-electron chi connectivity index (χ0n) is 11.9. The summed E-state index contributed by atoms with van der Waals surface area (Å²) in [6, 6.07) is 2.82. The molecule has 1 aliphatic rings. The van der Waals surface area contributed by atoms with E-state index in [2.05, 4.69) is 35.1 Å².